The van der Waals surface area contributed by atoms with Gasteiger partial charge in [-0.05, 0) is 26.0 Å². The number of carbonyl (C=O) groups is 1. The molecule has 0 unspecified atom stereocenters. The predicted octanol–water partition coefficient (Wildman–Crippen LogP) is 3.83. The van der Waals surface area contributed by atoms with E-state index in [9.17, 15) is 4.79 Å². The molecule has 0 aliphatic carbocycles. The molecule has 0 atom stereocenters. The lowest BCUT2D eigenvalue weighted by molar-refractivity contribution is 0.157. The molecule has 1 amide bonds. The van der Waals surface area contributed by atoms with Gasteiger partial charge in [-0.3, -0.25) is 0 Å². The minimum atomic E-state index is -0.444. The van der Waals surface area contributed by atoms with Crippen LogP contribution in [-0.4, -0.2) is 24.1 Å². The fourth-order valence-electron chi connectivity index (χ4n) is 1.21. The molecule has 0 saturated heterocycles. The molecule has 88 valence electrons. The van der Waals surface area contributed by atoms with Gasteiger partial charge in [0.1, 0.15) is 0 Å². The minimum Gasteiger partial charge on any atom is -0.407 e. The Balaban J connectivity index is 2.84. The summed E-state index contributed by atoms with van der Waals surface area (Å²) < 4.78 is 5.14. The predicted molar refractivity (Wildman–Crippen MR) is 65.4 cm³/mol. The van der Waals surface area contributed by atoms with Gasteiger partial charge in [-0.25, -0.2) is 4.79 Å². The lowest BCUT2D eigenvalue weighted by Gasteiger charge is -2.18. The van der Waals surface area contributed by atoms with E-state index in [4.69, 9.17) is 27.9 Å². The Labute approximate surface area is 105 Å². The Morgan fingerprint density at radius 2 is 1.75 bits per heavy atom. The monoisotopic (exact) mass is 261 g/mol. The van der Waals surface area contributed by atoms with E-state index in [1.165, 1.54) is 0 Å². The fourth-order valence-corrected chi connectivity index (χ4v) is 1.69. The van der Waals surface area contributed by atoms with Crippen LogP contribution in [0.15, 0.2) is 18.2 Å². The van der Waals surface area contributed by atoms with Crippen LogP contribution in [-0.2, 0) is 0 Å². The van der Waals surface area contributed by atoms with E-state index >= 15 is 0 Å². The second-order valence-corrected chi connectivity index (χ2v) is 3.91. The van der Waals surface area contributed by atoms with Gasteiger partial charge in [0.25, 0.3) is 0 Å². The average molecular weight is 262 g/mol. The lowest BCUT2D eigenvalue weighted by Crippen LogP contribution is -2.33. The van der Waals surface area contributed by atoms with Gasteiger partial charge >= 0.3 is 6.09 Å². The summed E-state index contributed by atoms with van der Waals surface area (Å²) in [7, 11) is 0. The van der Waals surface area contributed by atoms with Crippen molar-refractivity contribution in [1.82, 2.24) is 4.90 Å². The summed E-state index contributed by atoms with van der Waals surface area (Å²) in [4.78, 5) is 13.2. The molecular formula is C11H13Cl2NO2. The molecule has 0 radical (unpaired) electrons. The van der Waals surface area contributed by atoms with Crippen molar-refractivity contribution in [3.05, 3.63) is 28.2 Å². The fraction of sp³-hybridized carbons (Fsp3) is 0.364. The molecule has 3 nitrogen and oxygen atoms in total. The number of hydrogen-bond acceptors (Lipinski definition) is 2. The van der Waals surface area contributed by atoms with Gasteiger partial charge in [0.15, 0.2) is 5.75 Å². The highest BCUT2D eigenvalue weighted by atomic mass is 35.5. The first-order valence-corrected chi connectivity index (χ1v) is 5.76. The van der Waals surface area contributed by atoms with Gasteiger partial charge in [0.05, 0.1) is 10.0 Å². The summed E-state index contributed by atoms with van der Waals surface area (Å²) in [5.41, 5.74) is 0. The van der Waals surface area contributed by atoms with Crippen LogP contribution in [0.5, 0.6) is 5.75 Å². The Bertz CT molecular complexity index is 358. The van der Waals surface area contributed by atoms with Gasteiger partial charge in [0, 0.05) is 13.1 Å². The Hall–Kier alpha value is -0.930. The summed E-state index contributed by atoms with van der Waals surface area (Å²) in [6.45, 7) is 4.91. The number of amides is 1. The van der Waals surface area contributed by atoms with Crippen molar-refractivity contribution in [2.24, 2.45) is 0 Å². The number of carbonyl (C=O) groups excluding carboxylic acids is 1. The SMILES string of the molecule is CCN(CC)C(=O)Oc1c(Cl)cccc1Cl. The number of para-hydroxylation sites is 1. The molecule has 1 aromatic rings. The number of ether oxygens (including phenoxy) is 1. The van der Waals surface area contributed by atoms with Crippen LogP contribution < -0.4 is 4.74 Å². The smallest absolute Gasteiger partial charge is 0.407 e. The van der Waals surface area contributed by atoms with Crippen LogP contribution in [0.4, 0.5) is 4.79 Å². The highest BCUT2D eigenvalue weighted by Crippen LogP contribution is 2.32. The molecule has 0 aliphatic rings. The van der Waals surface area contributed by atoms with E-state index in [1.54, 1.807) is 23.1 Å². The maximum absolute atomic E-state index is 11.7. The molecule has 0 aromatic heterocycles. The maximum Gasteiger partial charge on any atom is 0.415 e. The quantitative estimate of drug-likeness (QED) is 0.828. The van der Waals surface area contributed by atoms with E-state index < -0.39 is 6.09 Å². The zero-order valence-electron chi connectivity index (χ0n) is 9.17. The van der Waals surface area contributed by atoms with Gasteiger partial charge in [-0.2, -0.15) is 0 Å². The molecule has 1 rings (SSSR count). The molecular weight excluding hydrogens is 249 g/mol. The van der Waals surface area contributed by atoms with Crippen LogP contribution in [0.2, 0.25) is 10.0 Å². The first-order valence-electron chi connectivity index (χ1n) is 5.00. The number of halogens is 2. The lowest BCUT2D eigenvalue weighted by atomic mass is 10.3. The Morgan fingerprint density at radius 3 is 2.19 bits per heavy atom. The van der Waals surface area contributed by atoms with Gasteiger partial charge in [-0.1, -0.05) is 29.3 Å². The Morgan fingerprint density at radius 1 is 1.25 bits per heavy atom. The van der Waals surface area contributed by atoms with Crippen molar-refractivity contribution in [3.63, 3.8) is 0 Å². The summed E-state index contributed by atoms with van der Waals surface area (Å²) in [6, 6.07) is 4.94. The third kappa shape index (κ3) is 3.03. The molecule has 0 spiro atoms. The van der Waals surface area contributed by atoms with Crippen molar-refractivity contribution in [2.75, 3.05) is 13.1 Å². The Kier molecular flexibility index (Phi) is 4.90. The number of nitrogens with zero attached hydrogens (tertiary/aromatic N) is 1. The first kappa shape index (κ1) is 13.1. The molecule has 0 bridgehead atoms. The van der Waals surface area contributed by atoms with E-state index in [0.717, 1.165) is 0 Å². The molecule has 5 heteroatoms. The third-order valence-electron chi connectivity index (χ3n) is 2.13. The summed E-state index contributed by atoms with van der Waals surface area (Å²) in [5.74, 6) is 0.211. The molecule has 0 N–H and O–H groups in total. The number of benzene rings is 1. The van der Waals surface area contributed by atoms with Crippen molar-refractivity contribution in [3.8, 4) is 5.75 Å². The number of hydrogen-bond donors (Lipinski definition) is 0. The van der Waals surface area contributed by atoms with E-state index in [1.807, 2.05) is 13.8 Å². The highest BCUT2D eigenvalue weighted by Gasteiger charge is 2.15. The van der Waals surface area contributed by atoms with Crippen LogP contribution >= 0.6 is 23.2 Å². The zero-order chi connectivity index (χ0) is 12.1. The molecule has 0 heterocycles. The van der Waals surface area contributed by atoms with Crippen LogP contribution in [0.1, 0.15) is 13.8 Å². The summed E-state index contributed by atoms with van der Waals surface area (Å²) in [6.07, 6.45) is -0.444. The second kappa shape index (κ2) is 5.97. The zero-order valence-corrected chi connectivity index (χ0v) is 10.7. The standard InChI is InChI=1S/C11H13Cl2NO2/c1-3-14(4-2)11(15)16-10-8(12)6-5-7-9(10)13/h5-7H,3-4H2,1-2H3. The van der Waals surface area contributed by atoms with Crippen LogP contribution in [0, 0.1) is 0 Å². The first-order chi connectivity index (χ1) is 7.60. The van der Waals surface area contributed by atoms with Crippen molar-refractivity contribution in [1.29, 1.82) is 0 Å². The van der Waals surface area contributed by atoms with E-state index in [-0.39, 0.29) is 5.75 Å². The van der Waals surface area contributed by atoms with Gasteiger partial charge in [0.2, 0.25) is 0 Å². The topological polar surface area (TPSA) is 29.5 Å². The molecule has 16 heavy (non-hydrogen) atoms. The average Bonchev–Trinajstić information content (AvgIpc) is 2.25. The van der Waals surface area contributed by atoms with Crippen molar-refractivity contribution >= 4 is 29.3 Å². The largest absolute Gasteiger partial charge is 0.415 e. The van der Waals surface area contributed by atoms with Crippen molar-refractivity contribution < 1.29 is 9.53 Å². The van der Waals surface area contributed by atoms with Crippen LogP contribution in [0.25, 0.3) is 0 Å². The molecule has 1 aromatic carbocycles. The van der Waals surface area contributed by atoms with Gasteiger partial charge < -0.3 is 9.64 Å². The van der Waals surface area contributed by atoms with Crippen molar-refractivity contribution in [2.45, 2.75) is 13.8 Å². The van der Waals surface area contributed by atoms with Crippen LogP contribution in [0.3, 0.4) is 0 Å². The molecule has 0 aliphatic heterocycles. The highest BCUT2D eigenvalue weighted by molar-refractivity contribution is 6.37. The minimum absolute atomic E-state index is 0.211. The van der Waals surface area contributed by atoms with E-state index in [2.05, 4.69) is 0 Å². The number of rotatable bonds is 3. The van der Waals surface area contributed by atoms with Gasteiger partial charge in [-0.15, -0.1) is 0 Å². The third-order valence-corrected chi connectivity index (χ3v) is 2.73. The summed E-state index contributed by atoms with van der Waals surface area (Å²) >= 11 is 11.8. The maximum atomic E-state index is 11.7. The van der Waals surface area contributed by atoms with E-state index in [0.29, 0.717) is 23.1 Å². The summed E-state index contributed by atoms with van der Waals surface area (Å²) in [5, 5.41) is 0.654. The normalized spacial score (nSPS) is 10.0. The molecule has 0 fully saturated rings. The molecule has 0 saturated carbocycles. The second-order valence-electron chi connectivity index (χ2n) is 3.09.